The van der Waals surface area contributed by atoms with E-state index in [4.69, 9.17) is 16.3 Å². The molecule has 7 heteroatoms. The van der Waals surface area contributed by atoms with E-state index >= 15 is 0 Å². The Bertz CT molecular complexity index is 1370. The van der Waals surface area contributed by atoms with Crippen LogP contribution in [0.1, 0.15) is 40.0 Å². The van der Waals surface area contributed by atoms with Crippen molar-refractivity contribution >= 4 is 34.7 Å². The van der Waals surface area contributed by atoms with Gasteiger partial charge in [0.15, 0.2) is 0 Å². The number of halogens is 1. The van der Waals surface area contributed by atoms with Crippen molar-refractivity contribution in [1.82, 2.24) is 9.78 Å². The molecule has 1 aliphatic heterocycles. The summed E-state index contributed by atoms with van der Waals surface area (Å²) in [7, 11) is 0. The molecule has 176 valence electrons. The van der Waals surface area contributed by atoms with Crippen molar-refractivity contribution in [3.05, 3.63) is 112 Å². The summed E-state index contributed by atoms with van der Waals surface area (Å²) >= 11 is 6.13. The third-order valence-corrected chi connectivity index (χ3v) is 6.13. The fourth-order valence-corrected chi connectivity index (χ4v) is 4.19. The molecule has 0 bridgehead atoms. The average Bonchev–Trinajstić information content (AvgIpc) is 3.30. The second kappa shape index (κ2) is 9.68. The zero-order chi connectivity index (χ0) is 24.4. The maximum absolute atomic E-state index is 13.3. The Morgan fingerprint density at radius 2 is 1.77 bits per heavy atom. The number of hydrogen-bond donors (Lipinski definition) is 2. The van der Waals surface area contributed by atoms with Gasteiger partial charge in [-0.25, -0.2) is 4.68 Å². The van der Waals surface area contributed by atoms with Gasteiger partial charge in [0.25, 0.3) is 5.91 Å². The average molecular weight is 485 g/mol. The first-order chi connectivity index (χ1) is 17.0. The highest BCUT2D eigenvalue weighted by molar-refractivity contribution is 6.30. The van der Waals surface area contributed by atoms with Crippen LogP contribution in [0.25, 0.3) is 5.70 Å². The van der Waals surface area contributed by atoms with Gasteiger partial charge in [0.2, 0.25) is 0 Å². The molecule has 0 saturated carbocycles. The highest BCUT2D eigenvalue weighted by atomic mass is 35.5. The molecule has 4 aromatic rings. The van der Waals surface area contributed by atoms with Gasteiger partial charge in [-0.15, -0.1) is 0 Å². The van der Waals surface area contributed by atoms with Gasteiger partial charge in [-0.2, -0.15) is 5.10 Å². The number of ether oxygens (including phenoxy) is 1. The van der Waals surface area contributed by atoms with E-state index in [1.54, 1.807) is 6.20 Å². The van der Waals surface area contributed by atoms with Crippen LogP contribution in [0.2, 0.25) is 5.02 Å². The van der Waals surface area contributed by atoms with Gasteiger partial charge in [-0.1, -0.05) is 53.6 Å². The second-order valence-electron chi connectivity index (χ2n) is 8.33. The molecule has 1 amide bonds. The van der Waals surface area contributed by atoms with Crippen LogP contribution in [0, 0.1) is 6.92 Å². The van der Waals surface area contributed by atoms with Crippen LogP contribution < -0.4 is 15.4 Å². The van der Waals surface area contributed by atoms with Crippen LogP contribution in [-0.2, 0) is 0 Å². The monoisotopic (exact) mass is 484 g/mol. The minimum absolute atomic E-state index is 0.202. The number of hydrogen-bond acceptors (Lipinski definition) is 4. The Morgan fingerprint density at radius 1 is 1.06 bits per heavy atom. The molecule has 0 saturated heterocycles. The number of anilines is 2. The van der Waals surface area contributed by atoms with Gasteiger partial charge in [0.1, 0.15) is 17.1 Å². The number of aromatic nitrogens is 2. The summed E-state index contributed by atoms with van der Waals surface area (Å²) in [4.78, 5) is 13.3. The fourth-order valence-electron chi connectivity index (χ4n) is 4.06. The number of aryl methyl sites for hydroxylation is 1. The number of rotatable bonds is 6. The third kappa shape index (κ3) is 4.79. The van der Waals surface area contributed by atoms with Crippen LogP contribution in [0.4, 0.5) is 11.5 Å². The Morgan fingerprint density at radius 3 is 2.46 bits per heavy atom. The summed E-state index contributed by atoms with van der Waals surface area (Å²) in [5.41, 5.74) is 5.27. The van der Waals surface area contributed by atoms with Crippen LogP contribution >= 0.6 is 11.6 Å². The molecule has 2 heterocycles. The predicted molar refractivity (Wildman–Crippen MR) is 140 cm³/mol. The number of fused-ring (bicyclic) bond motifs is 1. The quantitative estimate of drug-likeness (QED) is 0.325. The van der Waals surface area contributed by atoms with Gasteiger partial charge < -0.3 is 15.4 Å². The van der Waals surface area contributed by atoms with Crippen molar-refractivity contribution in [2.75, 3.05) is 17.2 Å². The molecule has 2 N–H and O–H groups in total. The summed E-state index contributed by atoms with van der Waals surface area (Å²) in [5, 5.41) is 11.6. The minimum Gasteiger partial charge on any atom is -0.494 e. The summed E-state index contributed by atoms with van der Waals surface area (Å²) < 4.78 is 7.31. The first kappa shape index (κ1) is 22.7. The Kier molecular flexibility index (Phi) is 6.29. The maximum Gasteiger partial charge on any atom is 0.261 e. The minimum atomic E-state index is -0.247. The zero-order valence-electron chi connectivity index (χ0n) is 19.5. The normalized spacial score (nSPS) is 14.5. The van der Waals surface area contributed by atoms with Crippen molar-refractivity contribution in [3.63, 3.8) is 0 Å². The van der Waals surface area contributed by atoms with Gasteiger partial charge >= 0.3 is 0 Å². The fraction of sp³-hybridized carbons (Fsp3) is 0.143. The standard InChI is InChI=1S/C28H25ClN4O2/c1-3-35-23-14-12-22(13-15-23)31-28(34)24-17-30-33-26(20-8-10-21(29)11-9-20)16-25(32-27(24)33)19-6-4-18(2)5-7-19/h4-17,26,32H,3H2,1-2H3,(H,31,34)/t26-/m1/s1. The number of allylic oxidation sites excluding steroid dienone is 1. The summed E-state index contributed by atoms with van der Waals surface area (Å²) in [6, 6.07) is 23.1. The second-order valence-corrected chi connectivity index (χ2v) is 8.77. The van der Waals surface area contributed by atoms with Crippen LogP contribution in [-0.4, -0.2) is 22.3 Å². The van der Waals surface area contributed by atoms with E-state index in [2.05, 4.69) is 53.0 Å². The maximum atomic E-state index is 13.3. The summed E-state index contributed by atoms with van der Waals surface area (Å²) in [6.07, 6.45) is 3.71. The van der Waals surface area contributed by atoms with E-state index in [1.807, 2.05) is 60.1 Å². The van der Waals surface area contributed by atoms with E-state index < -0.39 is 0 Å². The van der Waals surface area contributed by atoms with Gasteiger partial charge in [-0.05, 0) is 67.4 Å². The molecule has 1 atom stereocenters. The van der Waals surface area contributed by atoms with Crippen molar-refractivity contribution in [2.45, 2.75) is 19.9 Å². The molecule has 1 aromatic heterocycles. The SMILES string of the molecule is CCOc1ccc(NC(=O)c2cnn3c2NC(c2ccc(C)cc2)=C[C@@H]3c2ccc(Cl)cc2)cc1. The smallest absolute Gasteiger partial charge is 0.261 e. The molecular weight excluding hydrogens is 460 g/mol. The number of nitrogens with one attached hydrogen (secondary N) is 2. The molecule has 3 aromatic carbocycles. The highest BCUT2D eigenvalue weighted by Crippen LogP contribution is 2.36. The Balaban J connectivity index is 1.49. The third-order valence-electron chi connectivity index (χ3n) is 5.88. The van der Waals surface area contributed by atoms with E-state index in [1.165, 1.54) is 5.56 Å². The molecule has 5 rings (SSSR count). The molecule has 0 unspecified atom stereocenters. The topological polar surface area (TPSA) is 68.2 Å². The molecule has 0 aliphatic carbocycles. The Hall–Kier alpha value is -4.03. The van der Waals surface area contributed by atoms with E-state index in [9.17, 15) is 4.79 Å². The van der Waals surface area contributed by atoms with Crippen LogP contribution in [0.5, 0.6) is 5.75 Å². The van der Waals surface area contributed by atoms with Crippen molar-refractivity contribution < 1.29 is 9.53 Å². The van der Waals surface area contributed by atoms with Gasteiger partial charge in [0, 0.05) is 16.4 Å². The molecule has 0 radical (unpaired) electrons. The molecule has 6 nitrogen and oxygen atoms in total. The first-order valence-corrected chi connectivity index (χ1v) is 11.8. The number of carbonyl (C=O) groups excluding carboxylic acids is 1. The van der Waals surface area contributed by atoms with Crippen LogP contribution in [0.3, 0.4) is 0 Å². The lowest BCUT2D eigenvalue weighted by atomic mass is 10.0. The first-order valence-electron chi connectivity index (χ1n) is 11.4. The zero-order valence-corrected chi connectivity index (χ0v) is 20.2. The molecule has 0 spiro atoms. The highest BCUT2D eigenvalue weighted by Gasteiger charge is 2.28. The lowest BCUT2D eigenvalue weighted by molar-refractivity contribution is 0.102. The Labute approximate surface area is 209 Å². The van der Waals surface area contributed by atoms with Crippen molar-refractivity contribution in [3.8, 4) is 5.75 Å². The molecule has 1 aliphatic rings. The molecular formula is C28H25ClN4O2. The van der Waals surface area contributed by atoms with Gasteiger partial charge in [-0.3, -0.25) is 4.79 Å². The van der Waals surface area contributed by atoms with Crippen molar-refractivity contribution in [1.29, 1.82) is 0 Å². The largest absolute Gasteiger partial charge is 0.494 e. The predicted octanol–water partition coefficient (Wildman–Crippen LogP) is 6.55. The number of nitrogens with zero attached hydrogens (tertiary/aromatic N) is 2. The van der Waals surface area contributed by atoms with E-state index in [-0.39, 0.29) is 11.9 Å². The van der Waals surface area contributed by atoms with Gasteiger partial charge in [0.05, 0.1) is 18.8 Å². The summed E-state index contributed by atoms with van der Waals surface area (Å²) in [5.74, 6) is 1.14. The lowest BCUT2D eigenvalue weighted by Gasteiger charge is -2.26. The lowest BCUT2D eigenvalue weighted by Crippen LogP contribution is -2.22. The molecule has 35 heavy (non-hydrogen) atoms. The molecule has 0 fully saturated rings. The number of benzene rings is 3. The van der Waals surface area contributed by atoms with E-state index in [0.29, 0.717) is 28.7 Å². The number of carbonyl (C=O) groups is 1. The number of amides is 1. The summed E-state index contributed by atoms with van der Waals surface area (Å²) in [6.45, 7) is 4.58. The van der Waals surface area contributed by atoms with E-state index in [0.717, 1.165) is 22.6 Å². The van der Waals surface area contributed by atoms with Crippen molar-refractivity contribution in [2.24, 2.45) is 0 Å². The van der Waals surface area contributed by atoms with Crippen LogP contribution in [0.15, 0.2) is 85.1 Å².